The average molecular weight is 360 g/mol. The SMILES string of the molecule is O=C(Nc1ccc(Cl)c(-c2nnc3n2CCCCC3)c1)C1CCNC1. The minimum Gasteiger partial charge on any atom is -0.326 e. The first-order valence-electron chi connectivity index (χ1n) is 8.96. The molecule has 3 heterocycles. The zero-order valence-corrected chi connectivity index (χ0v) is 14.9. The molecule has 2 aromatic rings. The van der Waals surface area contributed by atoms with Crippen LogP contribution in [0.3, 0.4) is 0 Å². The molecule has 0 radical (unpaired) electrons. The molecule has 2 N–H and O–H groups in total. The molecule has 0 saturated carbocycles. The van der Waals surface area contributed by atoms with Crippen molar-refractivity contribution >= 4 is 23.2 Å². The van der Waals surface area contributed by atoms with Gasteiger partial charge in [-0.3, -0.25) is 4.79 Å². The number of benzene rings is 1. The Morgan fingerprint density at radius 2 is 2.20 bits per heavy atom. The van der Waals surface area contributed by atoms with Crippen LogP contribution in [0, 0.1) is 5.92 Å². The van der Waals surface area contributed by atoms with Crippen molar-refractivity contribution in [3.63, 3.8) is 0 Å². The van der Waals surface area contributed by atoms with Gasteiger partial charge in [0.25, 0.3) is 0 Å². The number of aromatic nitrogens is 3. The summed E-state index contributed by atoms with van der Waals surface area (Å²) < 4.78 is 2.17. The van der Waals surface area contributed by atoms with Crippen molar-refractivity contribution in [3.05, 3.63) is 29.0 Å². The number of hydrogen-bond donors (Lipinski definition) is 2. The highest BCUT2D eigenvalue weighted by atomic mass is 35.5. The van der Waals surface area contributed by atoms with Crippen LogP contribution in [0.4, 0.5) is 5.69 Å². The van der Waals surface area contributed by atoms with E-state index >= 15 is 0 Å². The van der Waals surface area contributed by atoms with Crippen LogP contribution in [0.15, 0.2) is 18.2 Å². The number of carbonyl (C=O) groups excluding carboxylic acids is 1. The fourth-order valence-electron chi connectivity index (χ4n) is 3.58. The van der Waals surface area contributed by atoms with Gasteiger partial charge in [0.2, 0.25) is 5.91 Å². The van der Waals surface area contributed by atoms with Crippen LogP contribution >= 0.6 is 11.6 Å². The molecule has 4 rings (SSSR count). The number of fused-ring (bicyclic) bond motifs is 1. The number of hydrogen-bond acceptors (Lipinski definition) is 4. The number of halogens is 1. The van der Waals surface area contributed by atoms with E-state index in [-0.39, 0.29) is 11.8 Å². The van der Waals surface area contributed by atoms with Gasteiger partial charge in [0.15, 0.2) is 5.82 Å². The Bertz CT molecular complexity index is 782. The van der Waals surface area contributed by atoms with Gasteiger partial charge in [0.05, 0.1) is 10.9 Å². The summed E-state index contributed by atoms with van der Waals surface area (Å²) in [5.74, 6) is 1.90. The van der Waals surface area contributed by atoms with Crippen molar-refractivity contribution in [2.45, 2.75) is 38.6 Å². The van der Waals surface area contributed by atoms with Crippen LogP contribution < -0.4 is 10.6 Å². The molecule has 2 aliphatic heterocycles. The van der Waals surface area contributed by atoms with E-state index in [1.54, 1.807) is 0 Å². The van der Waals surface area contributed by atoms with Crippen molar-refractivity contribution in [1.82, 2.24) is 20.1 Å². The van der Waals surface area contributed by atoms with E-state index in [0.717, 1.165) is 68.2 Å². The Balaban J connectivity index is 1.62. The number of carbonyl (C=O) groups is 1. The van der Waals surface area contributed by atoms with Crippen molar-refractivity contribution in [2.24, 2.45) is 5.92 Å². The second-order valence-electron chi connectivity index (χ2n) is 6.78. The number of nitrogens with one attached hydrogen (secondary N) is 2. The van der Waals surface area contributed by atoms with E-state index in [2.05, 4.69) is 25.4 Å². The van der Waals surface area contributed by atoms with E-state index in [1.807, 2.05) is 18.2 Å². The van der Waals surface area contributed by atoms with Crippen molar-refractivity contribution in [3.8, 4) is 11.4 Å². The predicted molar refractivity (Wildman–Crippen MR) is 97.6 cm³/mol. The minimum atomic E-state index is 0.0310. The third kappa shape index (κ3) is 3.41. The topological polar surface area (TPSA) is 71.8 Å². The summed E-state index contributed by atoms with van der Waals surface area (Å²) in [5.41, 5.74) is 1.58. The summed E-state index contributed by atoms with van der Waals surface area (Å²) in [6.07, 6.45) is 5.32. The molecule has 0 spiro atoms. The highest BCUT2D eigenvalue weighted by Crippen LogP contribution is 2.31. The molecule has 1 aromatic carbocycles. The molecule has 1 atom stereocenters. The van der Waals surface area contributed by atoms with Gasteiger partial charge in [-0.2, -0.15) is 0 Å². The maximum Gasteiger partial charge on any atom is 0.228 e. The fourth-order valence-corrected chi connectivity index (χ4v) is 3.78. The van der Waals surface area contributed by atoms with Gasteiger partial charge in [-0.05, 0) is 44.0 Å². The second kappa shape index (κ2) is 7.14. The highest BCUT2D eigenvalue weighted by Gasteiger charge is 2.23. The molecule has 2 aliphatic rings. The Morgan fingerprint density at radius 3 is 3.04 bits per heavy atom. The maximum absolute atomic E-state index is 12.4. The van der Waals surface area contributed by atoms with E-state index < -0.39 is 0 Å². The summed E-state index contributed by atoms with van der Waals surface area (Å²) in [7, 11) is 0. The van der Waals surface area contributed by atoms with E-state index in [0.29, 0.717) is 5.02 Å². The number of aryl methyl sites for hydroxylation is 1. The van der Waals surface area contributed by atoms with Crippen LogP contribution in [0.25, 0.3) is 11.4 Å². The molecular formula is C18H22ClN5O. The first-order valence-corrected chi connectivity index (χ1v) is 9.34. The van der Waals surface area contributed by atoms with Crippen molar-refractivity contribution < 1.29 is 4.79 Å². The Labute approximate surface area is 152 Å². The quantitative estimate of drug-likeness (QED) is 0.883. The average Bonchev–Trinajstić information content (AvgIpc) is 3.22. The van der Waals surface area contributed by atoms with Crippen LogP contribution in [-0.2, 0) is 17.8 Å². The van der Waals surface area contributed by atoms with Crippen LogP contribution in [-0.4, -0.2) is 33.8 Å². The third-order valence-electron chi connectivity index (χ3n) is 5.02. The lowest BCUT2D eigenvalue weighted by Crippen LogP contribution is -2.24. The van der Waals surface area contributed by atoms with Crippen LogP contribution in [0.5, 0.6) is 0 Å². The summed E-state index contributed by atoms with van der Waals surface area (Å²) in [4.78, 5) is 12.4. The molecule has 0 bridgehead atoms. The molecule has 1 amide bonds. The number of anilines is 1. The van der Waals surface area contributed by atoms with Crippen molar-refractivity contribution in [1.29, 1.82) is 0 Å². The molecule has 0 aliphatic carbocycles. The fraction of sp³-hybridized carbons (Fsp3) is 0.500. The van der Waals surface area contributed by atoms with Gasteiger partial charge in [-0.1, -0.05) is 18.0 Å². The molecule has 1 fully saturated rings. The maximum atomic E-state index is 12.4. The first kappa shape index (κ1) is 16.5. The van der Waals surface area contributed by atoms with Crippen molar-refractivity contribution in [2.75, 3.05) is 18.4 Å². The number of amides is 1. The standard InChI is InChI=1S/C18H22ClN5O/c19-15-6-5-13(21-18(25)12-7-8-20-11-12)10-14(15)17-23-22-16-4-2-1-3-9-24(16)17/h5-6,10,12,20H,1-4,7-9,11H2,(H,21,25). The Kier molecular flexibility index (Phi) is 4.72. The minimum absolute atomic E-state index is 0.0310. The van der Waals surface area contributed by atoms with Gasteiger partial charge in [0, 0.05) is 30.8 Å². The summed E-state index contributed by atoms with van der Waals surface area (Å²) in [6, 6.07) is 5.56. The molecule has 1 saturated heterocycles. The van der Waals surface area contributed by atoms with Crippen LogP contribution in [0.1, 0.15) is 31.5 Å². The lowest BCUT2D eigenvalue weighted by molar-refractivity contribution is -0.119. The van der Waals surface area contributed by atoms with Crippen LogP contribution in [0.2, 0.25) is 5.02 Å². The molecule has 7 heteroatoms. The molecule has 6 nitrogen and oxygen atoms in total. The summed E-state index contributed by atoms with van der Waals surface area (Å²) in [5, 5.41) is 15.6. The van der Waals surface area contributed by atoms with E-state index in [1.165, 1.54) is 6.42 Å². The molecule has 25 heavy (non-hydrogen) atoms. The van der Waals surface area contributed by atoms with Gasteiger partial charge in [-0.25, -0.2) is 0 Å². The summed E-state index contributed by atoms with van der Waals surface area (Å²) in [6.45, 7) is 2.55. The largest absolute Gasteiger partial charge is 0.326 e. The monoisotopic (exact) mass is 359 g/mol. The Hall–Kier alpha value is -1.92. The van der Waals surface area contributed by atoms with Gasteiger partial charge in [-0.15, -0.1) is 10.2 Å². The second-order valence-corrected chi connectivity index (χ2v) is 7.18. The molecular weight excluding hydrogens is 338 g/mol. The van der Waals surface area contributed by atoms with E-state index in [9.17, 15) is 4.79 Å². The van der Waals surface area contributed by atoms with Gasteiger partial charge in [0.1, 0.15) is 5.82 Å². The predicted octanol–water partition coefficient (Wildman–Crippen LogP) is 2.87. The van der Waals surface area contributed by atoms with Gasteiger partial charge < -0.3 is 15.2 Å². The molecule has 132 valence electrons. The molecule has 1 aromatic heterocycles. The molecule has 1 unspecified atom stereocenters. The Morgan fingerprint density at radius 1 is 1.28 bits per heavy atom. The van der Waals surface area contributed by atoms with E-state index in [4.69, 9.17) is 11.6 Å². The number of nitrogens with zero attached hydrogens (tertiary/aromatic N) is 3. The first-order chi connectivity index (χ1) is 12.2. The zero-order valence-electron chi connectivity index (χ0n) is 14.1. The lowest BCUT2D eigenvalue weighted by atomic mass is 10.1. The third-order valence-corrected chi connectivity index (χ3v) is 5.34. The lowest BCUT2D eigenvalue weighted by Gasteiger charge is -2.13. The normalized spacial score (nSPS) is 20.1. The zero-order chi connectivity index (χ0) is 17.2. The van der Waals surface area contributed by atoms with Gasteiger partial charge >= 0.3 is 0 Å². The highest BCUT2D eigenvalue weighted by molar-refractivity contribution is 6.33. The summed E-state index contributed by atoms with van der Waals surface area (Å²) >= 11 is 6.43. The number of rotatable bonds is 3. The smallest absolute Gasteiger partial charge is 0.228 e.